The van der Waals surface area contributed by atoms with E-state index in [1.165, 1.54) is 0 Å². The van der Waals surface area contributed by atoms with Gasteiger partial charge < -0.3 is 4.98 Å². The number of nitrogens with zero attached hydrogens (tertiary/aromatic N) is 2. The highest BCUT2D eigenvalue weighted by atomic mass is 35.5. The van der Waals surface area contributed by atoms with Crippen LogP contribution in [0.3, 0.4) is 0 Å². The Morgan fingerprint density at radius 1 is 1.20 bits per heavy atom. The number of H-pyrrole nitrogens is 1. The highest BCUT2D eigenvalue weighted by Gasteiger charge is 2.01. The zero-order chi connectivity index (χ0) is 13.9. The van der Waals surface area contributed by atoms with Crippen LogP contribution in [0.25, 0.3) is 11.0 Å². The number of halogens is 1. The Bertz CT molecular complexity index is 743. The van der Waals surface area contributed by atoms with Gasteiger partial charge in [-0.1, -0.05) is 35.9 Å². The van der Waals surface area contributed by atoms with Gasteiger partial charge in [0.25, 0.3) is 0 Å². The molecule has 0 fully saturated rings. The molecule has 1 heterocycles. The monoisotopic (exact) mass is 284 g/mol. The van der Waals surface area contributed by atoms with Crippen molar-refractivity contribution in [2.45, 2.75) is 6.92 Å². The molecule has 3 aromatic rings. The van der Waals surface area contributed by atoms with Gasteiger partial charge in [0.05, 0.1) is 16.7 Å². The number of hydrogen-bond acceptors (Lipinski definition) is 3. The fraction of sp³-hybridized carbons (Fsp3) is 0.0667. The lowest BCUT2D eigenvalue weighted by atomic mass is 10.1. The summed E-state index contributed by atoms with van der Waals surface area (Å²) >= 11 is 5.97. The first-order chi connectivity index (χ1) is 9.72. The van der Waals surface area contributed by atoms with E-state index in [4.69, 9.17) is 11.6 Å². The van der Waals surface area contributed by atoms with E-state index in [9.17, 15) is 0 Å². The van der Waals surface area contributed by atoms with E-state index < -0.39 is 0 Å². The minimum absolute atomic E-state index is 0.618. The lowest BCUT2D eigenvalue weighted by molar-refractivity contribution is 1.20. The lowest BCUT2D eigenvalue weighted by Gasteiger charge is -2.01. The molecule has 3 rings (SSSR count). The van der Waals surface area contributed by atoms with Crippen LogP contribution in [0.1, 0.15) is 12.5 Å². The largest absolute Gasteiger partial charge is 0.323 e. The normalized spacial score (nSPS) is 11.8. The van der Waals surface area contributed by atoms with Crippen molar-refractivity contribution in [3.8, 4) is 0 Å². The van der Waals surface area contributed by atoms with E-state index >= 15 is 0 Å². The van der Waals surface area contributed by atoms with Gasteiger partial charge in [-0.15, -0.1) is 0 Å². The second-order valence-electron chi connectivity index (χ2n) is 4.42. The highest BCUT2D eigenvalue weighted by Crippen LogP contribution is 2.14. The molecule has 0 unspecified atom stereocenters. The predicted octanol–water partition coefficient (Wildman–Crippen LogP) is 4.05. The number of rotatable bonds is 3. The summed E-state index contributed by atoms with van der Waals surface area (Å²) in [4.78, 5) is 7.55. The first kappa shape index (κ1) is 12.7. The SMILES string of the molecule is CC(=NNc1nc2ccccc2[nH]1)c1cccc(Cl)c1. The number of fused-ring (bicyclic) bond motifs is 1. The smallest absolute Gasteiger partial charge is 0.222 e. The first-order valence-electron chi connectivity index (χ1n) is 6.23. The minimum atomic E-state index is 0.618. The van der Waals surface area contributed by atoms with Crippen molar-refractivity contribution in [1.29, 1.82) is 0 Å². The number of benzene rings is 2. The van der Waals surface area contributed by atoms with Crippen molar-refractivity contribution in [2.75, 3.05) is 5.43 Å². The number of aromatic amines is 1. The van der Waals surface area contributed by atoms with Crippen molar-refractivity contribution in [3.63, 3.8) is 0 Å². The van der Waals surface area contributed by atoms with Gasteiger partial charge in [0.2, 0.25) is 5.95 Å². The molecule has 5 heteroatoms. The van der Waals surface area contributed by atoms with Gasteiger partial charge in [-0.3, -0.25) is 0 Å². The molecule has 0 aliphatic heterocycles. The van der Waals surface area contributed by atoms with E-state index in [2.05, 4.69) is 20.5 Å². The van der Waals surface area contributed by atoms with Crippen LogP contribution in [0.15, 0.2) is 53.6 Å². The maximum atomic E-state index is 5.97. The highest BCUT2D eigenvalue weighted by molar-refractivity contribution is 6.31. The molecule has 1 aromatic heterocycles. The summed E-state index contributed by atoms with van der Waals surface area (Å²) in [6, 6.07) is 15.4. The Morgan fingerprint density at radius 3 is 2.85 bits per heavy atom. The molecule has 2 N–H and O–H groups in total. The molecule has 100 valence electrons. The molecule has 0 spiro atoms. The number of nitrogens with one attached hydrogen (secondary N) is 2. The van der Waals surface area contributed by atoms with Gasteiger partial charge in [0.15, 0.2) is 0 Å². The third kappa shape index (κ3) is 2.65. The standard InChI is InChI=1S/C15H13ClN4/c1-10(11-5-4-6-12(16)9-11)19-20-15-17-13-7-2-3-8-14(13)18-15/h2-9H,1H3,(H2,17,18,20). The summed E-state index contributed by atoms with van der Waals surface area (Å²) < 4.78 is 0. The molecule has 20 heavy (non-hydrogen) atoms. The molecular formula is C15H13ClN4. The Morgan fingerprint density at radius 2 is 2.05 bits per heavy atom. The lowest BCUT2D eigenvalue weighted by Crippen LogP contribution is -2.00. The topological polar surface area (TPSA) is 53.1 Å². The van der Waals surface area contributed by atoms with Gasteiger partial charge in [0.1, 0.15) is 0 Å². The van der Waals surface area contributed by atoms with Crippen LogP contribution in [0.4, 0.5) is 5.95 Å². The van der Waals surface area contributed by atoms with Gasteiger partial charge >= 0.3 is 0 Å². The molecule has 0 bridgehead atoms. The average molecular weight is 285 g/mol. The fourth-order valence-corrected chi connectivity index (χ4v) is 2.11. The molecule has 0 atom stereocenters. The van der Waals surface area contributed by atoms with Crippen molar-refractivity contribution < 1.29 is 0 Å². The maximum Gasteiger partial charge on any atom is 0.222 e. The van der Waals surface area contributed by atoms with Gasteiger partial charge in [-0.2, -0.15) is 5.10 Å². The Kier molecular flexibility index (Phi) is 3.39. The second-order valence-corrected chi connectivity index (χ2v) is 4.86. The number of aromatic nitrogens is 2. The summed E-state index contributed by atoms with van der Waals surface area (Å²) in [7, 11) is 0. The minimum Gasteiger partial charge on any atom is -0.323 e. The van der Waals surface area contributed by atoms with Crippen LogP contribution in [0.5, 0.6) is 0 Å². The summed E-state index contributed by atoms with van der Waals surface area (Å²) in [5, 5.41) is 5.01. The molecule has 0 saturated carbocycles. The van der Waals surface area contributed by atoms with Crippen molar-refractivity contribution in [1.82, 2.24) is 9.97 Å². The molecule has 0 saturated heterocycles. The van der Waals surface area contributed by atoms with E-state index in [0.29, 0.717) is 11.0 Å². The summed E-state index contributed by atoms with van der Waals surface area (Å²) in [6.45, 7) is 1.92. The van der Waals surface area contributed by atoms with Crippen LogP contribution >= 0.6 is 11.6 Å². The van der Waals surface area contributed by atoms with Crippen LogP contribution in [-0.4, -0.2) is 15.7 Å². The molecule has 2 aromatic carbocycles. The Labute approximate surface area is 121 Å². The van der Waals surface area contributed by atoms with E-state index in [1.807, 2.05) is 55.5 Å². The van der Waals surface area contributed by atoms with Crippen LogP contribution in [-0.2, 0) is 0 Å². The quantitative estimate of drug-likeness (QED) is 0.563. The van der Waals surface area contributed by atoms with Crippen LogP contribution in [0, 0.1) is 0 Å². The number of anilines is 1. The van der Waals surface area contributed by atoms with Crippen LogP contribution in [0.2, 0.25) is 5.02 Å². The summed E-state index contributed by atoms with van der Waals surface area (Å²) in [5.74, 6) is 0.618. The van der Waals surface area contributed by atoms with Gasteiger partial charge in [-0.25, -0.2) is 10.4 Å². The molecule has 4 nitrogen and oxygen atoms in total. The Balaban J connectivity index is 1.82. The van der Waals surface area contributed by atoms with Crippen molar-refractivity contribution in [2.24, 2.45) is 5.10 Å². The van der Waals surface area contributed by atoms with Gasteiger partial charge in [-0.05, 0) is 36.8 Å². The van der Waals surface area contributed by atoms with E-state index in [0.717, 1.165) is 22.3 Å². The molecular weight excluding hydrogens is 272 g/mol. The van der Waals surface area contributed by atoms with Gasteiger partial charge in [0, 0.05) is 5.02 Å². The number of hydrazone groups is 1. The molecule has 0 radical (unpaired) electrons. The number of para-hydroxylation sites is 2. The average Bonchev–Trinajstić information content (AvgIpc) is 2.87. The molecule has 0 amide bonds. The first-order valence-corrected chi connectivity index (χ1v) is 6.61. The zero-order valence-corrected chi connectivity index (χ0v) is 11.6. The zero-order valence-electron chi connectivity index (χ0n) is 10.9. The Hall–Kier alpha value is -2.33. The fourth-order valence-electron chi connectivity index (χ4n) is 1.92. The summed E-state index contributed by atoms with van der Waals surface area (Å²) in [5.41, 5.74) is 6.63. The number of imidazole rings is 1. The third-order valence-electron chi connectivity index (χ3n) is 2.96. The predicted molar refractivity (Wildman–Crippen MR) is 83.4 cm³/mol. The third-order valence-corrected chi connectivity index (χ3v) is 3.20. The van der Waals surface area contributed by atoms with Crippen molar-refractivity contribution >= 4 is 34.3 Å². The summed E-state index contributed by atoms with van der Waals surface area (Å²) in [6.07, 6.45) is 0. The second kappa shape index (κ2) is 5.35. The van der Waals surface area contributed by atoms with E-state index in [-0.39, 0.29) is 0 Å². The van der Waals surface area contributed by atoms with Crippen LogP contribution < -0.4 is 5.43 Å². The van der Waals surface area contributed by atoms with E-state index in [1.54, 1.807) is 0 Å². The molecule has 0 aliphatic rings. The van der Waals surface area contributed by atoms with Crippen molar-refractivity contribution in [3.05, 3.63) is 59.1 Å². The molecule has 0 aliphatic carbocycles. The number of hydrogen-bond donors (Lipinski definition) is 2. The maximum absolute atomic E-state index is 5.97.